The Morgan fingerprint density at radius 1 is 1.38 bits per heavy atom. The summed E-state index contributed by atoms with van der Waals surface area (Å²) in [6, 6.07) is 8.09. The summed E-state index contributed by atoms with van der Waals surface area (Å²) in [5.74, 6) is 0.168. The Bertz CT molecular complexity index is 466. The highest BCUT2D eigenvalue weighted by atomic mass is 79.9. The van der Waals surface area contributed by atoms with Crippen molar-refractivity contribution in [1.82, 2.24) is 4.98 Å². The lowest BCUT2D eigenvalue weighted by atomic mass is 10.2. The Labute approximate surface area is 107 Å². The monoisotopic (exact) mass is 297 g/mol. The molecule has 0 radical (unpaired) electrons. The molecule has 1 atom stereocenters. The number of hydrogen-bond donors (Lipinski definition) is 1. The van der Waals surface area contributed by atoms with Crippen LogP contribution in [0.1, 0.15) is 17.7 Å². The Hall–Kier alpha value is -0.710. The van der Waals surface area contributed by atoms with Crippen molar-refractivity contribution in [1.29, 1.82) is 0 Å². The minimum atomic E-state index is 0.168. The molecule has 0 aliphatic heterocycles. The topological polar surface area (TPSA) is 33.1 Å². The molecule has 0 fully saturated rings. The predicted octanol–water partition coefficient (Wildman–Crippen LogP) is 3.67. The molecule has 0 spiro atoms. The number of rotatable bonds is 3. The van der Waals surface area contributed by atoms with E-state index < -0.39 is 0 Å². The molecule has 16 heavy (non-hydrogen) atoms. The number of aromatic nitrogens is 1. The minimum Gasteiger partial charge on any atom is -0.396 e. The van der Waals surface area contributed by atoms with Gasteiger partial charge in [0.2, 0.25) is 0 Å². The molecule has 2 aromatic rings. The number of aliphatic hydroxyl groups is 1. The zero-order valence-corrected chi connectivity index (χ0v) is 11.3. The van der Waals surface area contributed by atoms with Crippen LogP contribution in [-0.4, -0.2) is 16.7 Å². The quantitative estimate of drug-likeness (QED) is 0.938. The lowest BCUT2D eigenvalue weighted by molar-refractivity contribution is 0.274. The van der Waals surface area contributed by atoms with Gasteiger partial charge in [0.15, 0.2) is 0 Å². The molecule has 0 amide bonds. The second-order valence-electron chi connectivity index (χ2n) is 3.66. The van der Waals surface area contributed by atoms with Gasteiger partial charge in [0, 0.05) is 27.0 Å². The molecular formula is C12H12BrNOS. The Morgan fingerprint density at radius 2 is 2.06 bits per heavy atom. The van der Waals surface area contributed by atoms with E-state index in [1.165, 1.54) is 0 Å². The number of hydrogen-bond acceptors (Lipinski definition) is 3. The van der Waals surface area contributed by atoms with Crippen molar-refractivity contribution in [2.75, 3.05) is 6.61 Å². The molecule has 1 aromatic heterocycles. The van der Waals surface area contributed by atoms with Gasteiger partial charge in [0.25, 0.3) is 0 Å². The Morgan fingerprint density at radius 3 is 2.69 bits per heavy atom. The van der Waals surface area contributed by atoms with Gasteiger partial charge in [-0.2, -0.15) is 0 Å². The fraction of sp³-hybridized carbons (Fsp3) is 0.250. The maximum Gasteiger partial charge on any atom is 0.123 e. The lowest BCUT2D eigenvalue weighted by Crippen LogP contribution is -1.94. The van der Waals surface area contributed by atoms with Crippen molar-refractivity contribution in [2.24, 2.45) is 0 Å². The van der Waals surface area contributed by atoms with Gasteiger partial charge >= 0.3 is 0 Å². The first-order valence-corrected chi connectivity index (χ1v) is 6.64. The van der Waals surface area contributed by atoms with Gasteiger partial charge < -0.3 is 5.11 Å². The van der Waals surface area contributed by atoms with E-state index in [9.17, 15) is 0 Å². The first-order chi connectivity index (χ1) is 7.70. The van der Waals surface area contributed by atoms with Gasteiger partial charge in [-0.1, -0.05) is 35.0 Å². The highest BCUT2D eigenvalue weighted by Crippen LogP contribution is 2.29. The molecule has 1 N–H and O–H groups in total. The summed E-state index contributed by atoms with van der Waals surface area (Å²) in [5, 5.41) is 10.1. The average Bonchev–Trinajstić information content (AvgIpc) is 2.78. The van der Waals surface area contributed by atoms with Crippen LogP contribution in [0.3, 0.4) is 0 Å². The fourth-order valence-corrected chi connectivity index (χ4v) is 2.56. The summed E-state index contributed by atoms with van der Waals surface area (Å²) >= 11 is 5.05. The number of thiazole rings is 1. The summed E-state index contributed by atoms with van der Waals surface area (Å²) in [4.78, 5) is 5.50. The second-order valence-corrected chi connectivity index (χ2v) is 5.64. The summed E-state index contributed by atoms with van der Waals surface area (Å²) in [5.41, 5.74) is 1.12. The normalized spacial score (nSPS) is 12.7. The zero-order valence-electron chi connectivity index (χ0n) is 8.85. The Kier molecular flexibility index (Phi) is 3.74. The van der Waals surface area contributed by atoms with E-state index in [4.69, 9.17) is 5.11 Å². The van der Waals surface area contributed by atoms with Gasteiger partial charge in [-0.05, 0) is 12.1 Å². The molecule has 0 bridgehead atoms. The van der Waals surface area contributed by atoms with Crippen molar-refractivity contribution < 1.29 is 5.11 Å². The van der Waals surface area contributed by atoms with Crippen LogP contribution in [0.15, 0.2) is 34.9 Å². The zero-order chi connectivity index (χ0) is 11.5. The maximum atomic E-state index is 9.08. The van der Waals surface area contributed by atoms with Crippen LogP contribution in [0.25, 0.3) is 10.6 Å². The summed E-state index contributed by atoms with van der Waals surface area (Å²) in [7, 11) is 0. The molecule has 4 heteroatoms. The predicted molar refractivity (Wildman–Crippen MR) is 70.8 cm³/mol. The first-order valence-electron chi connectivity index (χ1n) is 5.03. The highest BCUT2D eigenvalue weighted by Gasteiger charge is 2.09. The van der Waals surface area contributed by atoms with Crippen LogP contribution in [0.2, 0.25) is 0 Å². The third kappa shape index (κ3) is 2.51. The van der Waals surface area contributed by atoms with Gasteiger partial charge in [-0.25, -0.2) is 4.98 Å². The molecule has 1 unspecified atom stereocenters. The smallest absolute Gasteiger partial charge is 0.123 e. The van der Waals surface area contributed by atoms with E-state index in [-0.39, 0.29) is 12.5 Å². The van der Waals surface area contributed by atoms with Crippen LogP contribution in [-0.2, 0) is 0 Å². The average molecular weight is 298 g/mol. The van der Waals surface area contributed by atoms with Crippen LogP contribution < -0.4 is 0 Å². The largest absolute Gasteiger partial charge is 0.396 e. The molecular weight excluding hydrogens is 286 g/mol. The van der Waals surface area contributed by atoms with E-state index in [1.807, 2.05) is 37.4 Å². The SMILES string of the molecule is CC(CO)c1cnc(-c2ccc(Br)cc2)s1. The molecule has 1 aromatic carbocycles. The summed E-state index contributed by atoms with van der Waals surface area (Å²) in [6.45, 7) is 2.17. The molecule has 2 rings (SSSR count). The van der Waals surface area contributed by atoms with Crippen molar-refractivity contribution in [3.63, 3.8) is 0 Å². The summed E-state index contributed by atoms with van der Waals surface area (Å²) < 4.78 is 1.07. The second kappa shape index (κ2) is 5.08. The standard InChI is InChI=1S/C12H12BrNOS/c1-8(7-15)11-6-14-12(16-11)9-2-4-10(13)5-3-9/h2-6,8,15H,7H2,1H3. The summed E-state index contributed by atoms with van der Waals surface area (Å²) in [6.07, 6.45) is 1.85. The van der Waals surface area contributed by atoms with E-state index >= 15 is 0 Å². The van der Waals surface area contributed by atoms with Gasteiger partial charge in [0.05, 0.1) is 6.61 Å². The van der Waals surface area contributed by atoms with Crippen LogP contribution in [0, 0.1) is 0 Å². The number of aliphatic hydroxyl groups excluding tert-OH is 1. The molecule has 0 saturated carbocycles. The van der Waals surface area contributed by atoms with Crippen LogP contribution in [0.5, 0.6) is 0 Å². The molecule has 0 saturated heterocycles. The Balaban J connectivity index is 2.28. The molecule has 84 valence electrons. The third-order valence-corrected chi connectivity index (χ3v) is 4.18. The lowest BCUT2D eigenvalue weighted by Gasteiger charge is -2.01. The van der Waals surface area contributed by atoms with Gasteiger partial charge in [0.1, 0.15) is 5.01 Å². The molecule has 2 nitrogen and oxygen atoms in total. The van der Waals surface area contributed by atoms with E-state index in [0.29, 0.717) is 0 Å². The highest BCUT2D eigenvalue weighted by molar-refractivity contribution is 9.10. The molecule has 0 aliphatic carbocycles. The van der Waals surface area contributed by atoms with E-state index in [0.717, 1.165) is 19.9 Å². The van der Waals surface area contributed by atoms with Crippen molar-refractivity contribution in [2.45, 2.75) is 12.8 Å². The number of nitrogens with zero attached hydrogens (tertiary/aromatic N) is 1. The van der Waals surface area contributed by atoms with Crippen LogP contribution >= 0.6 is 27.3 Å². The fourth-order valence-electron chi connectivity index (χ4n) is 1.33. The minimum absolute atomic E-state index is 0.168. The van der Waals surface area contributed by atoms with Crippen LogP contribution in [0.4, 0.5) is 0 Å². The van der Waals surface area contributed by atoms with E-state index in [2.05, 4.69) is 20.9 Å². The number of benzene rings is 1. The third-order valence-electron chi connectivity index (χ3n) is 2.37. The van der Waals surface area contributed by atoms with E-state index in [1.54, 1.807) is 11.3 Å². The van der Waals surface area contributed by atoms with Crippen molar-refractivity contribution in [3.8, 4) is 10.6 Å². The first kappa shape index (κ1) is 11.8. The van der Waals surface area contributed by atoms with Crippen molar-refractivity contribution >= 4 is 27.3 Å². The van der Waals surface area contributed by atoms with Gasteiger partial charge in [-0.3, -0.25) is 0 Å². The van der Waals surface area contributed by atoms with Crippen molar-refractivity contribution in [3.05, 3.63) is 39.8 Å². The van der Waals surface area contributed by atoms with Gasteiger partial charge in [-0.15, -0.1) is 11.3 Å². The maximum absolute atomic E-state index is 9.08. The number of halogens is 1. The molecule has 0 aliphatic rings. The molecule has 1 heterocycles.